The van der Waals surface area contributed by atoms with Crippen LogP contribution in [0, 0.1) is 0 Å². The van der Waals surface area contributed by atoms with Crippen LogP contribution in [0.4, 0.5) is 5.82 Å². The summed E-state index contributed by atoms with van der Waals surface area (Å²) in [5, 5.41) is 3.38. The van der Waals surface area contributed by atoms with Crippen LogP contribution in [0.2, 0.25) is 0 Å². The molecule has 1 saturated heterocycles. The number of sulfonamides is 1. The highest BCUT2D eigenvalue weighted by atomic mass is 32.2. The zero-order valence-electron chi connectivity index (χ0n) is 12.2. The summed E-state index contributed by atoms with van der Waals surface area (Å²) in [7, 11) is -3.06. The summed E-state index contributed by atoms with van der Waals surface area (Å²) in [6, 6.07) is 2.23. The molecule has 1 aromatic rings. The van der Waals surface area contributed by atoms with E-state index in [9.17, 15) is 8.42 Å². The van der Waals surface area contributed by atoms with E-state index in [0.717, 1.165) is 24.4 Å². The Morgan fingerprint density at radius 3 is 2.50 bits per heavy atom. The lowest BCUT2D eigenvalue weighted by Gasteiger charge is -2.30. The zero-order chi connectivity index (χ0) is 14.8. The molecule has 1 aromatic heterocycles. The number of anilines is 1. The molecule has 0 unspecified atom stereocenters. The van der Waals surface area contributed by atoms with Gasteiger partial charge in [0.25, 0.3) is 0 Å². The van der Waals surface area contributed by atoms with E-state index >= 15 is 0 Å². The molecule has 0 aliphatic carbocycles. The van der Waals surface area contributed by atoms with E-state index in [2.05, 4.69) is 29.1 Å². The second-order valence-corrected chi connectivity index (χ2v) is 7.55. The lowest BCUT2D eigenvalue weighted by atomic mass is 10.1. The summed E-state index contributed by atoms with van der Waals surface area (Å²) >= 11 is 0. The molecule has 1 N–H and O–H groups in total. The molecule has 1 aliphatic rings. The van der Waals surface area contributed by atoms with Crippen molar-refractivity contribution in [3.05, 3.63) is 18.1 Å². The van der Waals surface area contributed by atoms with Crippen LogP contribution in [0.3, 0.4) is 0 Å². The van der Waals surface area contributed by atoms with Crippen LogP contribution < -0.4 is 5.32 Å². The fourth-order valence-corrected chi connectivity index (χ4v) is 3.18. The monoisotopic (exact) mass is 298 g/mol. The molecule has 0 spiro atoms. The highest BCUT2D eigenvalue weighted by molar-refractivity contribution is 7.88. The normalized spacial score (nSPS) is 18.4. The van der Waals surface area contributed by atoms with Crippen LogP contribution in [0.25, 0.3) is 0 Å². The van der Waals surface area contributed by atoms with Crippen LogP contribution in [0.5, 0.6) is 0 Å². The van der Waals surface area contributed by atoms with Gasteiger partial charge in [-0.3, -0.25) is 0 Å². The second kappa shape index (κ2) is 6.05. The summed E-state index contributed by atoms with van der Waals surface area (Å²) in [6.45, 7) is 5.32. The van der Waals surface area contributed by atoms with Crippen LogP contribution >= 0.6 is 0 Å². The fraction of sp³-hybridized carbons (Fsp3) is 0.692. The molecule has 0 bridgehead atoms. The van der Waals surface area contributed by atoms with Gasteiger partial charge in [-0.2, -0.15) is 0 Å². The van der Waals surface area contributed by atoms with Gasteiger partial charge in [0.2, 0.25) is 10.0 Å². The first kappa shape index (κ1) is 15.2. The molecule has 7 heteroatoms. The minimum absolute atomic E-state index is 0.267. The molecular formula is C13H22N4O2S. The molecule has 1 fully saturated rings. The number of hydrogen-bond donors (Lipinski definition) is 1. The van der Waals surface area contributed by atoms with Gasteiger partial charge in [-0.1, -0.05) is 13.8 Å². The summed E-state index contributed by atoms with van der Waals surface area (Å²) in [4.78, 5) is 8.47. The molecular weight excluding hydrogens is 276 g/mol. The number of rotatable bonds is 4. The lowest BCUT2D eigenvalue weighted by molar-refractivity contribution is 0.331. The number of aromatic nitrogens is 2. The molecule has 6 nitrogen and oxygen atoms in total. The van der Waals surface area contributed by atoms with Crippen molar-refractivity contribution < 1.29 is 8.42 Å². The summed E-state index contributed by atoms with van der Waals surface area (Å²) in [5.74, 6) is 1.19. The van der Waals surface area contributed by atoms with Crippen molar-refractivity contribution in [3.8, 4) is 0 Å². The lowest BCUT2D eigenvalue weighted by Crippen LogP contribution is -2.41. The Hall–Kier alpha value is -1.21. The molecule has 112 valence electrons. The molecule has 2 heterocycles. The standard InChI is InChI=1S/C13H22N4O2S/c1-10(2)12-8-13(15-9-14-12)16-11-4-6-17(7-5-11)20(3,18)19/h8-11H,4-7H2,1-3H3,(H,14,15,16). The molecule has 1 aliphatic heterocycles. The summed E-state index contributed by atoms with van der Waals surface area (Å²) in [5.41, 5.74) is 1.01. The first-order chi connectivity index (χ1) is 9.36. The SMILES string of the molecule is CC(C)c1cc(NC2CCN(S(C)(=O)=O)CC2)ncn1. The average Bonchev–Trinajstić information content (AvgIpc) is 2.38. The Labute approximate surface area is 120 Å². The van der Waals surface area contributed by atoms with Crippen molar-refractivity contribution in [2.75, 3.05) is 24.7 Å². The first-order valence-corrected chi connectivity index (χ1v) is 8.74. The maximum Gasteiger partial charge on any atom is 0.211 e. The second-order valence-electron chi connectivity index (χ2n) is 5.56. The third kappa shape index (κ3) is 3.89. The van der Waals surface area contributed by atoms with Crippen molar-refractivity contribution in [3.63, 3.8) is 0 Å². The highest BCUT2D eigenvalue weighted by Crippen LogP contribution is 2.19. The molecule has 0 radical (unpaired) electrons. The van der Waals surface area contributed by atoms with E-state index in [-0.39, 0.29) is 6.04 Å². The molecule has 0 atom stereocenters. The Balaban J connectivity index is 1.94. The van der Waals surface area contributed by atoms with Crippen molar-refractivity contribution in [2.45, 2.75) is 38.6 Å². The van der Waals surface area contributed by atoms with Gasteiger partial charge >= 0.3 is 0 Å². The topological polar surface area (TPSA) is 75.2 Å². The summed E-state index contributed by atoms with van der Waals surface area (Å²) < 4.78 is 24.4. The average molecular weight is 298 g/mol. The van der Waals surface area contributed by atoms with Crippen LogP contribution in [0.15, 0.2) is 12.4 Å². The van der Waals surface area contributed by atoms with Crippen molar-refractivity contribution in [2.24, 2.45) is 0 Å². The quantitative estimate of drug-likeness (QED) is 0.910. The first-order valence-electron chi connectivity index (χ1n) is 6.90. The van der Waals surface area contributed by atoms with Crippen molar-refractivity contribution >= 4 is 15.8 Å². The molecule has 0 amide bonds. The van der Waals surface area contributed by atoms with Gasteiger partial charge in [0.15, 0.2) is 0 Å². The molecule has 0 saturated carbocycles. The maximum absolute atomic E-state index is 11.5. The number of nitrogens with one attached hydrogen (secondary N) is 1. The predicted octanol–water partition coefficient (Wildman–Crippen LogP) is 1.44. The minimum Gasteiger partial charge on any atom is -0.367 e. The van der Waals surface area contributed by atoms with Gasteiger partial charge in [0.1, 0.15) is 12.1 Å². The molecule has 2 rings (SSSR count). The Morgan fingerprint density at radius 1 is 1.30 bits per heavy atom. The van der Waals surface area contributed by atoms with Gasteiger partial charge in [-0.25, -0.2) is 22.7 Å². The van der Waals surface area contributed by atoms with E-state index in [1.165, 1.54) is 10.6 Å². The molecule has 20 heavy (non-hydrogen) atoms. The zero-order valence-corrected chi connectivity index (χ0v) is 13.0. The smallest absolute Gasteiger partial charge is 0.211 e. The van der Waals surface area contributed by atoms with Crippen molar-refractivity contribution in [1.82, 2.24) is 14.3 Å². The van der Waals surface area contributed by atoms with Crippen LogP contribution in [-0.4, -0.2) is 48.1 Å². The third-order valence-corrected chi connectivity index (χ3v) is 4.86. The van der Waals surface area contributed by atoms with E-state index in [1.54, 1.807) is 6.33 Å². The molecule has 0 aromatic carbocycles. The van der Waals surface area contributed by atoms with E-state index in [4.69, 9.17) is 0 Å². The van der Waals surface area contributed by atoms with Gasteiger partial charge < -0.3 is 5.32 Å². The van der Waals surface area contributed by atoms with Crippen molar-refractivity contribution in [1.29, 1.82) is 0 Å². The predicted molar refractivity (Wildman–Crippen MR) is 79.2 cm³/mol. The Kier molecular flexibility index (Phi) is 4.59. The highest BCUT2D eigenvalue weighted by Gasteiger charge is 2.24. The van der Waals surface area contributed by atoms with Crippen LogP contribution in [-0.2, 0) is 10.0 Å². The maximum atomic E-state index is 11.5. The van der Waals surface area contributed by atoms with Gasteiger partial charge in [0.05, 0.1) is 6.26 Å². The fourth-order valence-electron chi connectivity index (χ4n) is 2.31. The summed E-state index contributed by atoms with van der Waals surface area (Å²) in [6.07, 6.45) is 4.44. The van der Waals surface area contributed by atoms with Gasteiger partial charge in [-0.05, 0) is 18.8 Å². The van der Waals surface area contributed by atoms with Gasteiger partial charge in [-0.15, -0.1) is 0 Å². The third-order valence-electron chi connectivity index (χ3n) is 3.55. The Morgan fingerprint density at radius 2 is 1.95 bits per heavy atom. The van der Waals surface area contributed by atoms with E-state index in [0.29, 0.717) is 19.0 Å². The van der Waals surface area contributed by atoms with E-state index < -0.39 is 10.0 Å². The van der Waals surface area contributed by atoms with Crippen LogP contribution in [0.1, 0.15) is 38.3 Å². The van der Waals surface area contributed by atoms with Gasteiger partial charge in [0, 0.05) is 30.9 Å². The Bertz CT molecular complexity index is 551. The largest absolute Gasteiger partial charge is 0.367 e. The minimum atomic E-state index is -3.06. The number of piperidine rings is 1. The number of hydrogen-bond acceptors (Lipinski definition) is 5. The number of nitrogens with zero attached hydrogens (tertiary/aromatic N) is 3. The van der Waals surface area contributed by atoms with E-state index in [1.807, 2.05) is 6.07 Å².